The van der Waals surface area contributed by atoms with Crippen LogP contribution in [0.2, 0.25) is 0 Å². The molecule has 2 heterocycles. The first-order chi connectivity index (χ1) is 16.9. The number of Topliss-reactive ketones (excluding diaryl/α,β-unsaturated/α-hetero) is 1. The number of ketones is 1. The van der Waals surface area contributed by atoms with Crippen LogP contribution in [-0.2, 0) is 35.1 Å². The Hall–Kier alpha value is -2.75. The van der Waals surface area contributed by atoms with Crippen LogP contribution in [0.15, 0.2) is 43.0 Å². The van der Waals surface area contributed by atoms with Crippen LogP contribution < -0.4 is 10.6 Å². The number of carbonyl (C=O) groups is 3. The molecule has 0 unspecified atom stereocenters. The third kappa shape index (κ3) is 8.45. The highest BCUT2D eigenvalue weighted by atomic mass is 16.7. The Balaban J connectivity index is 1.50. The van der Waals surface area contributed by atoms with Gasteiger partial charge in [-0.1, -0.05) is 36.4 Å². The summed E-state index contributed by atoms with van der Waals surface area (Å²) >= 11 is 0. The molecule has 3 rings (SSSR count). The molecule has 0 bridgehead atoms. The van der Waals surface area contributed by atoms with Crippen LogP contribution in [0, 0.1) is 0 Å². The molecule has 1 aromatic rings. The van der Waals surface area contributed by atoms with Crippen LogP contribution in [0.25, 0.3) is 0 Å². The molecule has 1 spiro atoms. The van der Waals surface area contributed by atoms with E-state index in [-0.39, 0.29) is 37.8 Å². The van der Waals surface area contributed by atoms with E-state index in [1.54, 1.807) is 13.0 Å². The molecule has 4 atom stereocenters. The van der Waals surface area contributed by atoms with Crippen molar-refractivity contribution < 1.29 is 33.3 Å². The van der Waals surface area contributed by atoms with Crippen molar-refractivity contribution in [2.75, 3.05) is 19.8 Å². The monoisotopic (exact) mass is 488 g/mol. The predicted molar refractivity (Wildman–Crippen MR) is 128 cm³/mol. The summed E-state index contributed by atoms with van der Waals surface area (Å²) < 4.78 is 23.7. The van der Waals surface area contributed by atoms with Crippen molar-refractivity contribution in [1.82, 2.24) is 10.6 Å². The molecule has 2 fully saturated rings. The summed E-state index contributed by atoms with van der Waals surface area (Å²) in [7, 11) is 0. The van der Waals surface area contributed by atoms with Crippen molar-refractivity contribution in [2.24, 2.45) is 0 Å². The zero-order valence-electron chi connectivity index (χ0n) is 20.3. The van der Waals surface area contributed by atoms with Crippen molar-refractivity contribution in [2.45, 2.75) is 76.1 Å². The average Bonchev–Trinajstić information content (AvgIpc) is 2.83. The van der Waals surface area contributed by atoms with Crippen LogP contribution in [0.3, 0.4) is 0 Å². The normalized spacial score (nSPS) is 25.0. The molecular weight excluding hydrogens is 452 g/mol. The molecule has 2 saturated heterocycles. The highest BCUT2D eigenvalue weighted by Gasteiger charge is 2.46. The van der Waals surface area contributed by atoms with Gasteiger partial charge in [0.15, 0.2) is 5.79 Å². The van der Waals surface area contributed by atoms with Gasteiger partial charge in [0.2, 0.25) is 0 Å². The Labute approximate surface area is 206 Å². The van der Waals surface area contributed by atoms with Crippen molar-refractivity contribution in [3.8, 4) is 0 Å². The molecule has 0 radical (unpaired) electrons. The summed E-state index contributed by atoms with van der Waals surface area (Å²) in [6.45, 7) is 6.61. The first kappa shape index (κ1) is 26.8. The van der Waals surface area contributed by atoms with E-state index in [1.165, 1.54) is 0 Å². The lowest BCUT2D eigenvalue weighted by molar-refractivity contribution is -0.313. The lowest BCUT2D eigenvalue weighted by Gasteiger charge is -2.45. The molecule has 2 aliphatic rings. The predicted octanol–water partition coefficient (Wildman–Crippen LogP) is 3.02. The number of nitrogens with one attached hydrogen (secondary N) is 2. The summed E-state index contributed by atoms with van der Waals surface area (Å²) in [4.78, 5) is 36.9. The third-order valence-electron chi connectivity index (χ3n) is 5.92. The Morgan fingerprint density at radius 2 is 2.00 bits per heavy atom. The van der Waals surface area contributed by atoms with Gasteiger partial charge in [0.1, 0.15) is 18.4 Å². The van der Waals surface area contributed by atoms with E-state index in [4.69, 9.17) is 18.9 Å². The first-order valence-electron chi connectivity index (χ1n) is 12.2. The molecule has 9 heteroatoms. The second-order valence-electron chi connectivity index (χ2n) is 8.91. The zero-order chi connectivity index (χ0) is 25.1. The molecule has 2 amide bonds. The number of ether oxygens (including phenoxy) is 4. The third-order valence-corrected chi connectivity index (χ3v) is 5.92. The summed E-state index contributed by atoms with van der Waals surface area (Å²) in [6, 6.07) is 8.53. The van der Waals surface area contributed by atoms with Crippen LogP contribution in [-0.4, -0.2) is 61.6 Å². The minimum atomic E-state index is -1.02. The van der Waals surface area contributed by atoms with E-state index >= 15 is 0 Å². The van der Waals surface area contributed by atoms with Crippen molar-refractivity contribution >= 4 is 17.8 Å². The van der Waals surface area contributed by atoms with E-state index in [0.717, 1.165) is 12.0 Å². The number of rotatable bonds is 11. The fourth-order valence-electron chi connectivity index (χ4n) is 4.37. The van der Waals surface area contributed by atoms with Crippen LogP contribution >= 0.6 is 0 Å². The summed E-state index contributed by atoms with van der Waals surface area (Å²) in [5.41, 5.74) is 1.05. The average molecular weight is 489 g/mol. The number of hydrogen-bond donors (Lipinski definition) is 2. The van der Waals surface area contributed by atoms with Gasteiger partial charge in [-0.05, 0) is 31.7 Å². The van der Waals surface area contributed by atoms with Crippen LogP contribution in [0.5, 0.6) is 0 Å². The lowest BCUT2D eigenvalue weighted by Crippen LogP contribution is -2.52. The van der Waals surface area contributed by atoms with Gasteiger partial charge in [0.05, 0.1) is 31.8 Å². The molecule has 0 aromatic heterocycles. The topological polar surface area (TPSA) is 112 Å². The van der Waals surface area contributed by atoms with Gasteiger partial charge < -0.3 is 29.6 Å². The fraction of sp³-hybridized carbons (Fsp3) is 0.577. The minimum absolute atomic E-state index is 0.0119. The second kappa shape index (κ2) is 13.4. The van der Waals surface area contributed by atoms with Gasteiger partial charge in [-0.2, -0.15) is 0 Å². The van der Waals surface area contributed by atoms with Crippen LogP contribution in [0.1, 0.15) is 51.0 Å². The minimum Gasteiger partial charge on any atom is -0.461 e. The SMILES string of the molecule is C=CC[C@H](NC(=O)NCC)C(=O)OC[C@@H]1CCC[C@]2(CC(=O)C[C@@H](COCc3ccccc3)O2)O1. The van der Waals surface area contributed by atoms with Gasteiger partial charge >= 0.3 is 12.0 Å². The zero-order valence-corrected chi connectivity index (χ0v) is 20.3. The van der Waals surface area contributed by atoms with E-state index in [0.29, 0.717) is 32.6 Å². The maximum atomic E-state index is 12.6. The van der Waals surface area contributed by atoms with Crippen LogP contribution in [0.4, 0.5) is 4.79 Å². The van der Waals surface area contributed by atoms with E-state index < -0.39 is 29.9 Å². The quantitative estimate of drug-likeness (QED) is 0.364. The van der Waals surface area contributed by atoms with Gasteiger partial charge in [0, 0.05) is 19.4 Å². The Morgan fingerprint density at radius 1 is 1.23 bits per heavy atom. The first-order valence-corrected chi connectivity index (χ1v) is 12.2. The van der Waals surface area contributed by atoms with E-state index in [1.807, 2.05) is 30.3 Å². The maximum absolute atomic E-state index is 12.6. The van der Waals surface area contributed by atoms with Gasteiger partial charge in [-0.3, -0.25) is 4.79 Å². The van der Waals surface area contributed by atoms with Crippen molar-refractivity contribution in [3.05, 3.63) is 48.6 Å². The Bertz CT molecular complexity index is 863. The number of esters is 1. The Kier molecular flexibility index (Phi) is 10.3. The summed E-state index contributed by atoms with van der Waals surface area (Å²) in [6.07, 6.45) is 3.50. The molecule has 2 N–H and O–H groups in total. The molecular formula is C26H36N2O7. The van der Waals surface area contributed by atoms with E-state index in [9.17, 15) is 14.4 Å². The van der Waals surface area contributed by atoms with Crippen molar-refractivity contribution in [1.29, 1.82) is 0 Å². The molecule has 0 saturated carbocycles. The molecule has 0 aliphatic carbocycles. The molecule has 1 aromatic carbocycles. The largest absolute Gasteiger partial charge is 0.461 e. The summed E-state index contributed by atoms with van der Waals surface area (Å²) in [5, 5.41) is 5.18. The molecule has 9 nitrogen and oxygen atoms in total. The molecule has 35 heavy (non-hydrogen) atoms. The number of benzene rings is 1. The molecule has 2 aliphatic heterocycles. The number of hydrogen-bond acceptors (Lipinski definition) is 7. The highest BCUT2D eigenvalue weighted by Crippen LogP contribution is 2.38. The number of amides is 2. The standard InChI is InChI=1S/C26H36N2O7/c1-3-9-23(28-25(31)27-4-2)24(30)33-18-21-12-8-13-26(34-21)15-20(29)14-22(35-26)17-32-16-19-10-6-5-7-11-19/h3,5-7,10-11,21-23H,1,4,8-9,12-18H2,2H3,(H2,27,28,31)/t21-,22-,23-,26-/m0/s1. The second-order valence-corrected chi connectivity index (χ2v) is 8.91. The fourth-order valence-corrected chi connectivity index (χ4v) is 4.37. The van der Waals surface area contributed by atoms with Crippen molar-refractivity contribution in [3.63, 3.8) is 0 Å². The van der Waals surface area contributed by atoms with Gasteiger partial charge in [-0.25, -0.2) is 9.59 Å². The Morgan fingerprint density at radius 3 is 2.74 bits per heavy atom. The summed E-state index contributed by atoms with van der Waals surface area (Å²) in [5.74, 6) is -1.52. The maximum Gasteiger partial charge on any atom is 0.329 e. The molecule has 192 valence electrons. The van der Waals surface area contributed by atoms with E-state index in [2.05, 4.69) is 17.2 Å². The number of carbonyl (C=O) groups excluding carboxylic acids is 3. The van der Waals surface area contributed by atoms with Gasteiger partial charge in [-0.15, -0.1) is 6.58 Å². The lowest BCUT2D eigenvalue weighted by atomic mass is 9.92. The smallest absolute Gasteiger partial charge is 0.329 e. The van der Waals surface area contributed by atoms with Gasteiger partial charge in [0.25, 0.3) is 0 Å². The highest BCUT2D eigenvalue weighted by molar-refractivity contribution is 5.83. The number of urea groups is 1.